The number of hydrogen-bond donors (Lipinski definition) is 2. The number of rotatable bonds is 3. The van der Waals surface area contributed by atoms with E-state index in [-0.39, 0.29) is 28.6 Å². The second-order valence-electron chi connectivity index (χ2n) is 5.27. The van der Waals surface area contributed by atoms with Gasteiger partial charge in [0.05, 0.1) is 19.8 Å². The molecule has 0 radical (unpaired) electrons. The van der Waals surface area contributed by atoms with Crippen LogP contribution in [-0.2, 0) is 0 Å². The molecule has 1 aliphatic heterocycles. The minimum Gasteiger partial charge on any atom is -0.504 e. The molecule has 0 amide bonds. The van der Waals surface area contributed by atoms with Crippen LogP contribution in [0.25, 0.3) is 6.08 Å². The highest BCUT2D eigenvalue weighted by molar-refractivity contribution is 6.15. The number of fused-ring (bicyclic) bond motifs is 1. The van der Waals surface area contributed by atoms with Gasteiger partial charge < -0.3 is 24.4 Å². The number of hydrogen-bond acceptors (Lipinski definition) is 6. The summed E-state index contributed by atoms with van der Waals surface area (Å²) in [4.78, 5) is 12.4. The Hall–Kier alpha value is -3.15. The first kappa shape index (κ1) is 15.7. The number of ketones is 1. The monoisotopic (exact) mass is 328 g/mol. The highest BCUT2D eigenvalue weighted by Crippen LogP contribution is 2.44. The van der Waals surface area contributed by atoms with E-state index in [1.807, 2.05) is 6.92 Å². The van der Waals surface area contributed by atoms with E-state index in [1.54, 1.807) is 19.2 Å². The topological polar surface area (TPSA) is 85.2 Å². The maximum absolute atomic E-state index is 12.4. The zero-order chi connectivity index (χ0) is 17.4. The van der Waals surface area contributed by atoms with Gasteiger partial charge in [-0.3, -0.25) is 4.79 Å². The number of phenolic OH excluding ortho intramolecular Hbond substituents is 2. The number of carbonyl (C=O) groups excluding carboxylic acids is 1. The number of ether oxygens (including phenoxy) is 3. The summed E-state index contributed by atoms with van der Waals surface area (Å²) in [5, 5.41) is 19.4. The Morgan fingerprint density at radius 3 is 2.50 bits per heavy atom. The van der Waals surface area contributed by atoms with Gasteiger partial charge in [0.1, 0.15) is 11.5 Å². The number of methoxy groups -OCH3 is 2. The lowest BCUT2D eigenvalue weighted by atomic mass is 10.1. The maximum Gasteiger partial charge on any atom is 0.232 e. The molecule has 0 aromatic heterocycles. The smallest absolute Gasteiger partial charge is 0.232 e. The van der Waals surface area contributed by atoms with Crippen LogP contribution in [0.1, 0.15) is 21.5 Å². The van der Waals surface area contributed by atoms with Crippen LogP contribution in [0.4, 0.5) is 0 Å². The van der Waals surface area contributed by atoms with Gasteiger partial charge in [-0.1, -0.05) is 0 Å². The van der Waals surface area contributed by atoms with E-state index >= 15 is 0 Å². The summed E-state index contributed by atoms with van der Waals surface area (Å²) < 4.78 is 16.1. The standard InChI is InChI=1S/C18H16O6/c1-9-13(22-2)7-4-10(17(9)23-3)8-14-15(20)11-5-6-12(19)16(21)18(11)24-14/h4-8,19,21H,1-3H3/b14-8-. The van der Waals surface area contributed by atoms with Crippen molar-refractivity contribution in [2.45, 2.75) is 6.92 Å². The third-order valence-corrected chi connectivity index (χ3v) is 3.89. The lowest BCUT2D eigenvalue weighted by Gasteiger charge is -2.12. The van der Waals surface area contributed by atoms with E-state index in [2.05, 4.69) is 0 Å². The fourth-order valence-electron chi connectivity index (χ4n) is 2.67. The summed E-state index contributed by atoms with van der Waals surface area (Å²) >= 11 is 0. The van der Waals surface area contributed by atoms with Crippen LogP contribution in [-0.4, -0.2) is 30.2 Å². The summed E-state index contributed by atoms with van der Waals surface area (Å²) in [5.74, 6) is 0.0302. The highest BCUT2D eigenvalue weighted by atomic mass is 16.5. The average molecular weight is 328 g/mol. The van der Waals surface area contributed by atoms with Gasteiger partial charge in [0.15, 0.2) is 17.3 Å². The van der Waals surface area contributed by atoms with Gasteiger partial charge in [-0.15, -0.1) is 0 Å². The van der Waals surface area contributed by atoms with E-state index in [9.17, 15) is 15.0 Å². The summed E-state index contributed by atoms with van der Waals surface area (Å²) in [6.07, 6.45) is 1.53. The number of benzene rings is 2. The first-order chi connectivity index (χ1) is 11.5. The van der Waals surface area contributed by atoms with Gasteiger partial charge >= 0.3 is 0 Å². The van der Waals surface area contributed by atoms with E-state index in [4.69, 9.17) is 14.2 Å². The summed E-state index contributed by atoms with van der Waals surface area (Å²) in [6, 6.07) is 6.16. The largest absolute Gasteiger partial charge is 0.504 e. The molecule has 0 atom stereocenters. The van der Waals surface area contributed by atoms with Gasteiger partial charge in [-0.25, -0.2) is 0 Å². The predicted molar refractivity (Wildman–Crippen MR) is 87.0 cm³/mol. The zero-order valence-corrected chi connectivity index (χ0v) is 13.4. The number of phenols is 2. The van der Waals surface area contributed by atoms with Crippen molar-refractivity contribution in [1.82, 2.24) is 0 Å². The van der Waals surface area contributed by atoms with E-state index < -0.39 is 5.75 Å². The Bertz CT molecular complexity index is 866. The molecule has 0 aliphatic carbocycles. The number of aromatic hydroxyl groups is 2. The Labute approximate surface area is 138 Å². The zero-order valence-electron chi connectivity index (χ0n) is 13.4. The number of carbonyl (C=O) groups is 1. The van der Waals surface area contributed by atoms with Crippen LogP contribution in [0.5, 0.6) is 28.7 Å². The van der Waals surface area contributed by atoms with Crippen molar-refractivity contribution >= 4 is 11.9 Å². The first-order valence-corrected chi connectivity index (χ1v) is 7.18. The minimum atomic E-state index is -0.456. The molecule has 1 heterocycles. The second kappa shape index (κ2) is 5.81. The molecule has 1 aliphatic rings. The quantitative estimate of drug-likeness (QED) is 0.665. The predicted octanol–water partition coefficient (Wildman–Crippen LogP) is 3.04. The Balaban J connectivity index is 2.07. The molecule has 0 fully saturated rings. The number of Topliss-reactive ketones (excluding diaryl/α,β-unsaturated/α-hetero) is 1. The van der Waals surface area contributed by atoms with Crippen molar-refractivity contribution in [3.8, 4) is 28.7 Å². The van der Waals surface area contributed by atoms with E-state index in [1.165, 1.54) is 25.3 Å². The molecule has 0 saturated heterocycles. The molecule has 0 spiro atoms. The van der Waals surface area contributed by atoms with Crippen molar-refractivity contribution in [2.75, 3.05) is 14.2 Å². The Kier molecular flexibility index (Phi) is 3.81. The van der Waals surface area contributed by atoms with Crippen molar-refractivity contribution in [3.63, 3.8) is 0 Å². The lowest BCUT2D eigenvalue weighted by molar-refractivity contribution is 0.101. The molecule has 2 aromatic carbocycles. The van der Waals surface area contributed by atoms with Gasteiger partial charge in [-0.05, 0) is 37.3 Å². The van der Waals surface area contributed by atoms with Crippen LogP contribution in [0.15, 0.2) is 30.0 Å². The molecule has 3 rings (SSSR count). The third-order valence-electron chi connectivity index (χ3n) is 3.89. The maximum atomic E-state index is 12.4. The molecular formula is C18H16O6. The SMILES string of the molecule is COc1ccc(/C=C2\Oc3c(ccc(O)c3O)C2=O)c(OC)c1C. The third kappa shape index (κ3) is 2.32. The van der Waals surface area contributed by atoms with Crippen molar-refractivity contribution in [3.05, 3.63) is 46.7 Å². The molecule has 2 aromatic rings. The fraction of sp³-hybridized carbons (Fsp3) is 0.167. The molecule has 6 nitrogen and oxygen atoms in total. The highest BCUT2D eigenvalue weighted by Gasteiger charge is 2.31. The van der Waals surface area contributed by atoms with Gasteiger partial charge in [0, 0.05) is 11.1 Å². The van der Waals surface area contributed by atoms with Crippen molar-refractivity contribution in [1.29, 1.82) is 0 Å². The molecule has 0 saturated carbocycles. The molecule has 6 heteroatoms. The van der Waals surface area contributed by atoms with E-state index in [0.29, 0.717) is 17.1 Å². The summed E-state index contributed by atoms with van der Waals surface area (Å²) in [6.45, 7) is 1.84. The van der Waals surface area contributed by atoms with Crippen LogP contribution in [0.3, 0.4) is 0 Å². The summed E-state index contributed by atoms with van der Waals surface area (Å²) in [5.41, 5.74) is 1.62. The van der Waals surface area contributed by atoms with Gasteiger partial charge in [0.25, 0.3) is 0 Å². The molecular weight excluding hydrogens is 312 g/mol. The molecule has 0 bridgehead atoms. The van der Waals surface area contributed by atoms with Crippen LogP contribution in [0, 0.1) is 6.92 Å². The van der Waals surface area contributed by atoms with Crippen LogP contribution in [0.2, 0.25) is 0 Å². The molecule has 124 valence electrons. The minimum absolute atomic E-state index is 0.0359. The second-order valence-corrected chi connectivity index (χ2v) is 5.27. The lowest BCUT2D eigenvalue weighted by Crippen LogP contribution is -2.00. The van der Waals surface area contributed by atoms with E-state index in [0.717, 1.165) is 5.56 Å². The number of allylic oxidation sites excluding steroid dienone is 1. The van der Waals surface area contributed by atoms with Crippen LogP contribution < -0.4 is 14.2 Å². The fourth-order valence-corrected chi connectivity index (χ4v) is 2.67. The normalized spacial score (nSPS) is 14.5. The van der Waals surface area contributed by atoms with Gasteiger partial charge in [0.2, 0.25) is 11.5 Å². The Morgan fingerprint density at radius 1 is 1.08 bits per heavy atom. The first-order valence-electron chi connectivity index (χ1n) is 7.18. The Morgan fingerprint density at radius 2 is 1.83 bits per heavy atom. The van der Waals surface area contributed by atoms with Gasteiger partial charge in [-0.2, -0.15) is 0 Å². The summed E-state index contributed by atoms with van der Waals surface area (Å²) in [7, 11) is 3.09. The van der Waals surface area contributed by atoms with Crippen LogP contribution >= 0.6 is 0 Å². The van der Waals surface area contributed by atoms with Crippen molar-refractivity contribution < 1.29 is 29.2 Å². The van der Waals surface area contributed by atoms with Crippen molar-refractivity contribution in [2.24, 2.45) is 0 Å². The molecule has 24 heavy (non-hydrogen) atoms. The molecule has 2 N–H and O–H groups in total. The average Bonchev–Trinajstić information content (AvgIpc) is 2.88. The molecule has 0 unspecified atom stereocenters.